The quantitative estimate of drug-likeness (QED) is 0.130. The van der Waals surface area contributed by atoms with Gasteiger partial charge in [-0.3, -0.25) is 4.79 Å². The van der Waals surface area contributed by atoms with Crippen LogP contribution >= 0.6 is 0 Å². The second-order valence-corrected chi connectivity index (χ2v) is 9.55. The van der Waals surface area contributed by atoms with E-state index in [-0.39, 0.29) is 7.43 Å². The highest BCUT2D eigenvalue weighted by Gasteiger charge is 2.03. The Hall–Kier alpha value is -6.15. The van der Waals surface area contributed by atoms with Gasteiger partial charge in [0.25, 0.3) is 0 Å². The Balaban J connectivity index is 0.000000357. The Morgan fingerprint density at radius 3 is 1.50 bits per heavy atom. The Kier molecular flexibility index (Phi) is 15.5. The van der Waals surface area contributed by atoms with Crippen LogP contribution in [0.1, 0.15) is 45.6 Å². The highest BCUT2D eigenvalue weighted by Crippen LogP contribution is 2.21. The van der Waals surface area contributed by atoms with Gasteiger partial charge in [0, 0.05) is 50.7 Å². The summed E-state index contributed by atoms with van der Waals surface area (Å²) in [5.74, 6) is 0. The molecule has 0 atom stereocenters. The van der Waals surface area contributed by atoms with E-state index in [0.717, 1.165) is 39.9 Å². The maximum atomic E-state index is 10.3. The molecular formula is C37H36N6O. The van der Waals surface area contributed by atoms with Crippen molar-refractivity contribution in [1.82, 2.24) is 0 Å². The number of aldehydes is 1. The van der Waals surface area contributed by atoms with Crippen molar-refractivity contribution < 1.29 is 4.79 Å². The lowest BCUT2D eigenvalue weighted by molar-refractivity contribution is 0.112. The molecule has 4 rings (SSSR count). The Bertz CT molecular complexity index is 1660. The van der Waals surface area contributed by atoms with Crippen LogP contribution in [0.3, 0.4) is 0 Å². The van der Waals surface area contributed by atoms with E-state index < -0.39 is 0 Å². The van der Waals surface area contributed by atoms with E-state index in [1.54, 1.807) is 48.5 Å². The standard InChI is InChI=1S/C18H15N3.C9H6N2.C9H11NO.CH4/c1-20-18(16-8-4-15(13-19)5-9-16)12-14-6-10-17(11-7-14)21(2)3;1-11-7-9-4-2-8(6-10)3-5-9;1-10(2)9-5-3-8(7-11)4-6-9;/h4-12H,2-3H3;2-5H,7H2;3-7H,1-2H3;1H4/b18-12-;;;. The summed E-state index contributed by atoms with van der Waals surface area (Å²) in [5.41, 5.74) is 7.51. The largest absolute Gasteiger partial charge is 0.378 e. The van der Waals surface area contributed by atoms with Crippen molar-refractivity contribution in [2.75, 3.05) is 38.0 Å². The highest BCUT2D eigenvalue weighted by molar-refractivity contribution is 5.85. The van der Waals surface area contributed by atoms with Crippen molar-refractivity contribution in [2.45, 2.75) is 14.0 Å². The van der Waals surface area contributed by atoms with Crippen molar-refractivity contribution in [2.24, 2.45) is 0 Å². The molecule has 0 saturated heterocycles. The molecule has 0 aliphatic heterocycles. The highest BCUT2D eigenvalue weighted by atomic mass is 16.1. The third kappa shape index (κ3) is 11.8. The van der Waals surface area contributed by atoms with Crippen LogP contribution in [-0.4, -0.2) is 34.5 Å². The minimum atomic E-state index is 0. The molecule has 0 unspecified atom stereocenters. The van der Waals surface area contributed by atoms with Crippen LogP contribution in [0.2, 0.25) is 0 Å². The summed E-state index contributed by atoms with van der Waals surface area (Å²) in [6.45, 7) is 14.3. The normalized spacial score (nSPS) is 9.41. The molecule has 0 amide bonds. The molecule has 220 valence electrons. The average molecular weight is 581 g/mol. The summed E-state index contributed by atoms with van der Waals surface area (Å²) >= 11 is 0. The maximum Gasteiger partial charge on any atom is 0.239 e. The molecule has 0 aliphatic carbocycles. The van der Waals surface area contributed by atoms with Gasteiger partial charge in [0.2, 0.25) is 6.54 Å². The van der Waals surface area contributed by atoms with Gasteiger partial charge in [-0.1, -0.05) is 43.8 Å². The van der Waals surface area contributed by atoms with Crippen LogP contribution in [0.15, 0.2) is 97.1 Å². The molecular weight excluding hydrogens is 544 g/mol. The molecule has 0 aromatic heterocycles. The summed E-state index contributed by atoms with van der Waals surface area (Å²) in [4.78, 5) is 21.1. The zero-order valence-corrected chi connectivity index (χ0v) is 24.7. The van der Waals surface area contributed by atoms with Crippen LogP contribution in [0.4, 0.5) is 11.4 Å². The van der Waals surface area contributed by atoms with Crippen molar-refractivity contribution in [3.8, 4) is 12.1 Å². The number of carbonyl (C=O) groups excluding carboxylic acids is 1. The summed E-state index contributed by atoms with van der Waals surface area (Å²) in [6.07, 6.45) is 2.70. The molecule has 7 heteroatoms. The number of rotatable bonds is 6. The van der Waals surface area contributed by atoms with E-state index in [9.17, 15) is 4.79 Å². The summed E-state index contributed by atoms with van der Waals surface area (Å²) in [6, 6.07) is 33.7. The smallest absolute Gasteiger partial charge is 0.239 e. The predicted octanol–water partition coefficient (Wildman–Crippen LogP) is 8.22. The second kappa shape index (κ2) is 19.1. The summed E-state index contributed by atoms with van der Waals surface area (Å²) < 4.78 is 0. The molecule has 0 heterocycles. The first-order valence-corrected chi connectivity index (χ1v) is 13.2. The number of nitrogens with zero attached hydrogens (tertiary/aromatic N) is 6. The number of carbonyl (C=O) groups is 1. The first-order valence-electron chi connectivity index (χ1n) is 13.2. The minimum absolute atomic E-state index is 0. The van der Waals surface area contributed by atoms with Gasteiger partial charge in [0.05, 0.1) is 29.8 Å². The third-order valence-electron chi connectivity index (χ3n) is 6.03. The predicted molar refractivity (Wildman–Crippen MR) is 181 cm³/mol. The van der Waals surface area contributed by atoms with Gasteiger partial charge in [0.15, 0.2) is 5.70 Å². The topological polar surface area (TPSA) is 79.8 Å². The lowest BCUT2D eigenvalue weighted by Gasteiger charge is -2.12. The molecule has 7 nitrogen and oxygen atoms in total. The van der Waals surface area contributed by atoms with Crippen molar-refractivity contribution in [1.29, 1.82) is 10.5 Å². The molecule has 0 fully saturated rings. The fraction of sp³-hybridized carbons (Fsp3) is 0.162. The van der Waals surface area contributed by atoms with Gasteiger partial charge in [-0.05, 0) is 77.9 Å². The molecule has 0 N–H and O–H groups in total. The second-order valence-electron chi connectivity index (χ2n) is 9.55. The number of hydrogen-bond donors (Lipinski definition) is 0. The lowest BCUT2D eigenvalue weighted by Crippen LogP contribution is -2.08. The van der Waals surface area contributed by atoms with Crippen LogP contribution < -0.4 is 9.80 Å². The average Bonchev–Trinajstić information content (AvgIpc) is 3.05. The number of benzene rings is 4. The van der Waals surface area contributed by atoms with Crippen molar-refractivity contribution in [3.05, 3.63) is 153 Å². The van der Waals surface area contributed by atoms with Crippen LogP contribution in [0.5, 0.6) is 0 Å². The van der Waals surface area contributed by atoms with Crippen LogP contribution in [-0.2, 0) is 6.54 Å². The summed E-state index contributed by atoms with van der Waals surface area (Å²) in [5, 5.41) is 17.2. The van der Waals surface area contributed by atoms with Crippen molar-refractivity contribution in [3.63, 3.8) is 0 Å². The van der Waals surface area contributed by atoms with Gasteiger partial charge in [-0.2, -0.15) is 10.5 Å². The van der Waals surface area contributed by atoms with E-state index in [0.29, 0.717) is 23.4 Å². The van der Waals surface area contributed by atoms with Gasteiger partial charge in [0.1, 0.15) is 6.29 Å². The zero-order chi connectivity index (χ0) is 31.6. The number of hydrogen-bond acceptors (Lipinski definition) is 5. The van der Waals surface area contributed by atoms with Gasteiger partial charge >= 0.3 is 0 Å². The Morgan fingerprint density at radius 1 is 0.705 bits per heavy atom. The van der Waals surface area contributed by atoms with E-state index in [2.05, 4.69) is 15.8 Å². The molecule has 0 spiro atoms. The fourth-order valence-electron chi connectivity index (χ4n) is 3.55. The molecule has 44 heavy (non-hydrogen) atoms. The van der Waals surface area contributed by atoms with E-state index in [1.165, 1.54) is 0 Å². The first kappa shape index (κ1) is 35.9. The van der Waals surface area contributed by atoms with Gasteiger partial charge in [-0.15, -0.1) is 0 Å². The van der Waals surface area contributed by atoms with Gasteiger partial charge < -0.3 is 14.6 Å². The number of anilines is 2. The monoisotopic (exact) mass is 580 g/mol. The lowest BCUT2D eigenvalue weighted by atomic mass is 10.1. The van der Waals surface area contributed by atoms with E-state index >= 15 is 0 Å². The molecule has 4 aromatic rings. The summed E-state index contributed by atoms with van der Waals surface area (Å²) in [7, 11) is 7.92. The molecule has 0 radical (unpaired) electrons. The van der Waals surface area contributed by atoms with E-state index in [1.807, 2.05) is 98.7 Å². The maximum absolute atomic E-state index is 10.3. The SMILES string of the molecule is C.CN(C)c1ccc(C=O)cc1.[C-]#[N+]/C(=C\c1ccc(N(C)C)cc1)c1ccc(C#N)cc1.[C-]#[N+]Cc1ccc(C#N)cc1. The Labute approximate surface area is 261 Å². The third-order valence-corrected chi connectivity index (χ3v) is 6.03. The molecule has 0 saturated carbocycles. The number of nitriles is 2. The fourth-order valence-corrected chi connectivity index (χ4v) is 3.55. The van der Waals surface area contributed by atoms with Crippen LogP contribution in [0, 0.1) is 35.8 Å². The molecule has 0 bridgehead atoms. The molecule has 4 aromatic carbocycles. The van der Waals surface area contributed by atoms with Crippen molar-refractivity contribution >= 4 is 29.4 Å². The van der Waals surface area contributed by atoms with Gasteiger partial charge in [-0.25, -0.2) is 11.4 Å². The zero-order valence-electron chi connectivity index (χ0n) is 24.7. The van der Waals surface area contributed by atoms with E-state index in [4.69, 9.17) is 23.7 Å². The first-order chi connectivity index (χ1) is 20.7. The molecule has 0 aliphatic rings. The van der Waals surface area contributed by atoms with Crippen LogP contribution in [0.25, 0.3) is 21.5 Å². The Morgan fingerprint density at radius 2 is 1.14 bits per heavy atom. The minimum Gasteiger partial charge on any atom is -0.378 e.